The Hall–Kier alpha value is -1.08. The van der Waals surface area contributed by atoms with Crippen LogP contribution < -0.4 is 4.74 Å². The second kappa shape index (κ2) is 5.73. The molecule has 5 nitrogen and oxygen atoms in total. The first kappa shape index (κ1) is 15.3. The van der Waals surface area contributed by atoms with Crippen molar-refractivity contribution in [3.63, 3.8) is 0 Å². The van der Waals surface area contributed by atoms with Crippen LogP contribution in [0.15, 0.2) is 22.7 Å². The maximum atomic E-state index is 12.5. The Bertz CT molecular complexity index is 629. The van der Waals surface area contributed by atoms with Crippen molar-refractivity contribution in [2.24, 2.45) is 0 Å². The van der Waals surface area contributed by atoms with E-state index in [1.165, 1.54) is 12.0 Å². The molecule has 1 amide bonds. The van der Waals surface area contributed by atoms with E-state index < -0.39 is 9.84 Å². The van der Waals surface area contributed by atoms with Gasteiger partial charge in [0.2, 0.25) is 0 Å². The van der Waals surface area contributed by atoms with E-state index >= 15 is 0 Å². The monoisotopic (exact) mass is 361 g/mol. The largest absolute Gasteiger partial charge is 0.496 e. The van der Waals surface area contributed by atoms with E-state index in [1.807, 2.05) is 0 Å². The number of carbonyl (C=O) groups is 1. The van der Waals surface area contributed by atoms with Crippen molar-refractivity contribution in [2.75, 3.05) is 25.7 Å². The summed E-state index contributed by atoms with van der Waals surface area (Å²) in [5.74, 6) is 0.425. The van der Waals surface area contributed by atoms with Gasteiger partial charge in [-0.2, -0.15) is 0 Å². The molecule has 110 valence electrons. The summed E-state index contributed by atoms with van der Waals surface area (Å²) in [6, 6.07) is 4.88. The third-order valence-electron chi connectivity index (χ3n) is 3.47. The van der Waals surface area contributed by atoms with Gasteiger partial charge in [-0.3, -0.25) is 4.79 Å². The Labute approximate surface area is 127 Å². The van der Waals surface area contributed by atoms with Gasteiger partial charge in [-0.15, -0.1) is 0 Å². The molecule has 1 heterocycles. The van der Waals surface area contributed by atoms with E-state index in [-0.39, 0.29) is 23.5 Å². The molecule has 1 fully saturated rings. The summed E-state index contributed by atoms with van der Waals surface area (Å²) in [5, 5.41) is 0. The Morgan fingerprint density at radius 1 is 1.45 bits per heavy atom. The summed E-state index contributed by atoms with van der Waals surface area (Å²) in [7, 11) is 0.122. The van der Waals surface area contributed by atoms with Crippen molar-refractivity contribution in [3.8, 4) is 5.75 Å². The number of nitrogens with zero attached hydrogens (tertiary/aromatic N) is 1. The summed E-state index contributed by atoms with van der Waals surface area (Å²) >= 11 is 3.32. The van der Waals surface area contributed by atoms with Crippen LogP contribution in [0, 0.1) is 0 Å². The summed E-state index contributed by atoms with van der Waals surface area (Å²) in [6.45, 7) is 0. The number of rotatable bonds is 3. The molecule has 1 aliphatic rings. The van der Waals surface area contributed by atoms with Crippen molar-refractivity contribution in [3.05, 3.63) is 28.2 Å². The fourth-order valence-electron chi connectivity index (χ4n) is 2.28. The fraction of sp³-hybridized carbons (Fsp3) is 0.462. The van der Waals surface area contributed by atoms with Gasteiger partial charge in [0.15, 0.2) is 9.84 Å². The summed E-state index contributed by atoms with van der Waals surface area (Å²) in [6.07, 6.45) is 0.490. The highest BCUT2D eigenvalue weighted by molar-refractivity contribution is 9.10. The first-order chi connectivity index (χ1) is 9.34. The Balaban J connectivity index is 2.23. The highest BCUT2D eigenvalue weighted by atomic mass is 79.9. The minimum atomic E-state index is -3.01. The zero-order valence-electron chi connectivity index (χ0n) is 11.3. The molecule has 20 heavy (non-hydrogen) atoms. The SMILES string of the molecule is COc1cc(Br)ccc1C(=O)N(C)C1CCS(=O)(=O)C1. The number of benzene rings is 1. The molecule has 0 bridgehead atoms. The third kappa shape index (κ3) is 3.15. The molecule has 0 aromatic heterocycles. The van der Waals surface area contributed by atoms with Crippen molar-refractivity contribution < 1.29 is 17.9 Å². The number of hydrogen-bond acceptors (Lipinski definition) is 4. The zero-order chi connectivity index (χ0) is 14.9. The second-order valence-electron chi connectivity index (χ2n) is 4.82. The third-order valence-corrected chi connectivity index (χ3v) is 5.71. The normalized spacial score (nSPS) is 20.6. The number of sulfone groups is 1. The summed E-state index contributed by atoms with van der Waals surface area (Å²) in [4.78, 5) is 14.0. The molecule has 1 saturated heterocycles. The zero-order valence-corrected chi connectivity index (χ0v) is 13.7. The van der Waals surface area contributed by atoms with E-state index in [1.54, 1.807) is 25.2 Å². The van der Waals surface area contributed by atoms with E-state index in [4.69, 9.17) is 4.74 Å². The van der Waals surface area contributed by atoms with Crippen LogP contribution in [-0.2, 0) is 9.84 Å². The van der Waals surface area contributed by atoms with Crippen molar-refractivity contribution >= 4 is 31.7 Å². The van der Waals surface area contributed by atoms with Crippen molar-refractivity contribution in [1.29, 1.82) is 0 Å². The molecular weight excluding hydrogens is 346 g/mol. The molecule has 0 spiro atoms. The van der Waals surface area contributed by atoms with Gasteiger partial charge in [0.25, 0.3) is 5.91 Å². The Kier molecular flexibility index (Phi) is 4.39. The van der Waals surface area contributed by atoms with Gasteiger partial charge in [0.1, 0.15) is 5.75 Å². The minimum absolute atomic E-state index is 0.0358. The predicted octanol–water partition coefficient (Wildman–Crippen LogP) is 1.72. The van der Waals surface area contributed by atoms with Crippen LogP contribution in [-0.4, -0.2) is 50.9 Å². The van der Waals surface area contributed by atoms with E-state index in [2.05, 4.69) is 15.9 Å². The van der Waals surface area contributed by atoms with Gasteiger partial charge < -0.3 is 9.64 Å². The molecule has 1 aromatic carbocycles. The van der Waals surface area contributed by atoms with Crippen LogP contribution >= 0.6 is 15.9 Å². The quantitative estimate of drug-likeness (QED) is 0.822. The standard InChI is InChI=1S/C13H16BrNO4S/c1-15(10-5-6-20(17,18)8-10)13(16)11-4-3-9(14)7-12(11)19-2/h3-4,7,10H,5-6,8H2,1-2H3. The number of carbonyl (C=O) groups excluding carboxylic acids is 1. The van der Waals surface area contributed by atoms with Gasteiger partial charge in [-0.25, -0.2) is 8.42 Å². The molecule has 0 saturated carbocycles. The van der Waals surface area contributed by atoms with Gasteiger partial charge >= 0.3 is 0 Å². The molecule has 2 rings (SSSR count). The maximum Gasteiger partial charge on any atom is 0.257 e. The fourth-order valence-corrected chi connectivity index (χ4v) is 4.39. The average molecular weight is 362 g/mol. The highest BCUT2D eigenvalue weighted by Gasteiger charge is 2.33. The van der Waals surface area contributed by atoms with Gasteiger partial charge in [-0.1, -0.05) is 15.9 Å². The van der Waals surface area contributed by atoms with Crippen LogP contribution in [0.4, 0.5) is 0 Å². The molecule has 0 aliphatic carbocycles. The topological polar surface area (TPSA) is 63.7 Å². The van der Waals surface area contributed by atoms with Crippen molar-refractivity contribution in [2.45, 2.75) is 12.5 Å². The maximum absolute atomic E-state index is 12.5. The molecule has 7 heteroatoms. The number of hydrogen-bond donors (Lipinski definition) is 0. The minimum Gasteiger partial charge on any atom is -0.496 e. The van der Waals surface area contributed by atoms with Crippen LogP contribution in [0.25, 0.3) is 0 Å². The average Bonchev–Trinajstić information content (AvgIpc) is 2.77. The summed E-state index contributed by atoms with van der Waals surface area (Å²) < 4.78 is 29.0. The lowest BCUT2D eigenvalue weighted by atomic mass is 10.1. The van der Waals surface area contributed by atoms with E-state index in [0.29, 0.717) is 17.7 Å². The predicted molar refractivity (Wildman–Crippen MR) is 79.8 cm³/mol. The van der Waals surface area contributed by atoms with Crippen LogP contribution in [0.1, 0.15) is 16.8 Å². The van der Waals surface area contributed by atoms with E-state index in [9.17, 15) is 13.2 Å². The lowest BCUT2D eigenvalue weighted by Crippen LogP contribution is -2.38. The number of halogens is 1. The molecule has 0 radical (unpaired) electrons. The van der Waals surface area contributed by atoms with Gasteiger partial charge in [0.05, 0.1) is 24.2 Å². The lowest BCUT2D eigenvalue weighted by Gasteiger charge is -2.24. The summed E-state index contributed by atoms with van der Waals surface area (Å²) in [5.41, 5.74) is 0.433. The molecule has 1 aliphatic heterocycles. The smallest absolute Gasteiger partial charge is 0.257 e. The van der Waals surface area contributed by atoms with Crippen molar-refractivity contribution in [1.82, 2.24) is 4.90 Å². The van der Waals surface area contributed by atoms with Gasteiger partial charge in [-0.05, 0) is 24.6 Å². The van der Waals surface area contributed by atoms with Gasteiger partial charge in [0, 0.05) is 17.6 Å². The Morgan fingerprint density at radius 3 is 2.70 bits per heavy atom. The molecule has 1 atom stereocenters. The number of ether oxygens (including phenoxy) is 1. The number of amides is 1. The lowest BCUT2D eigenvalue weighted by molar-refractivity contribution is 0.0744. The van der Waals surface area contributed by atoms with Crippen LogP contribution in [0.3, 0.4) is 0 Å². The molecule has 1 unspecified atom stereocenters. The van der Waals surface area contributed by atoms with E-state index in [0.717, 1.165) is 4.47 Å². The molecular formula is C13H16BrNO4S. The first-order valence-electron chi connectivity index (χ1n) is 6.15. The second-order valence-corrected chi connectivity index (χ2v) is 7.96. The van der Waals surface area contributed by atoms with Crippen LogP contribution in [0.5, 0.6) is 5.75 Å². The first-order valence-corrected chi connectivity index (χ1v) is 8.76. The highest BCUT2D eigenvalue weighted by Crippen LogP contribution is 2.26. The Morgan fingerprint density at radius 2 is 2.15 bits per heavy atom. The molecule has 1 aromatic rings. The number of methoxy groups -OCH3 is 1. The van der Waals surface area contributed by atoms with Crippen LogP contribution in [0.2, 0.25) is 0 Å². The molecule has 0 N–H and O–H groups in total.